The fourth-order valence-electron chi connectivity index (χ4n) is 2.57. The Morgan fingerprint density at radius 3 is 2.90 bits per heavy atom. The van der Waals surface area contributed by atoms with E-state index in [2.05, 4.69) is 5.32 Å². The second kappa shape index (κ2) is 5.58. The lowest BCUT2D eigenvalue weighted by molar-refractivity contribution is -0.384. The predicted molar refractivity (Wildman–Crippen MR) is 75.2 cm³/mol. The van der Waals surface area contributed by atoms with Crippen molar-refractivity contribution in [2.24, 2.45) is 5.41 Å². The van der Waals surface area contributed by atoms with Crippen LogP contribution in [-0.2, 0) is 11.3 Å². The van der Waals surface area contributed by atoms with E-state index in [1.54, 1.807) is 24.1 Å². The standard InChI is InChI=1S/C14H19N3O3/c1-14(6-7-15-10-14)13(18)16(2)9-11-4-3-5-12(8-11)17(19)20/h3-5,8,15H,6-7,9-10H2,1-2H3. The third kappa shape index (κ3) is 2.96. The summed E-state index contributed by atoms with van der Waals surface area (Å²) in [6.45, 7) is 3.88. The summed E-state index contributed by atoms with van der Waals surface area (Å²) in [5.41, 5.74) is 0.455. The smallest absolute Gasteiger partial charge is 0.269 e. The van der Waals surface area contributed by atoms with Gasteiger partial charge in [0.2, 0.25) is 5.91 Å². The molecule has 6 nitrogen and oxygen atoms in total. The Balaban J connectivity index is 2.07. The van der Waals surface area contributed by atoms with E-state index in [-0.39, 0.29) is 17.0 Å². The van der Waals surface area contributed by atoms with E-state index in [1.807, 2.05) is 6.92 Å². The van der Waals surface area contributed by atoms with Crippen molar-refractivity contribution in [3.8, 4) is 0 Å². The molecule has 6 heteroatoms. The van der Waals surface area contributed by atoms with Crippen molar-refractivity contribution >= 4 is 11.6 Å². The van der Waals surface area contributed by atoms with Gasteiger partial charge in [-0.2, -0.15) is 0 Å². The van der Waals surface area contributed by atoms with E-state index in [1.165, 1.54) is 12.1 Å². The van der Waals surface area contributed by atoms with Gasteiger partial charge in [0.1, 0.15) is 0 Å². The number of hydrogen-bond acceptors (Lipinski definition) is 4. The molecule has 0 radical (unpaired) electrons. The fraction of sp³-hybridized carbons (Fsp3) is 0.500. The topological polar surface area (TPSA) is 75.5 Å². The van der Waals surface area contributed by atoms with Crippen LogP contribution in [0, 0.1) is 15.5 Å². The number of rotatable bonds is 4. The van der Waals surface area contributed by atoms with Gasteiger partial charge in [0.05, 0.1) is 10.3 Å². The van der Waals surface area contributed by atoms with Crippen LogP contribution in [-0.4, -0.2) is 35.9 Å². The molecule has 1 aromatic rings. The van der Waals surface area contributed by atoms with Crippen molar-refractivity contribution in [3.63, 3.8) is 0 Å². The first-order chi connectivity index (χ1) is 9.42. The maximum absolute atomic E-state index is 12.4. The first-order valence-electron chi connectivity index (χ1n) is 6.62. The highest BCUT2D eigenvalue weighted by Crippen LogP contribution is 2.27. The van der Waals surface area contributed by atoms with Crippen LogP contribution in [0.4, 0.5) is 5.69 Å². The third-order valence-electron chi connectivity index (χ3n) is 3.77. The summed E-state index contributed by atoms with van der Waals surface area (Å²) >= 11 is 0. The van der Waals surface area contributed by atoms with Gasteiger partial charge in [-0.15, -0.1) is 0 Å². The predicted octanol–water partition coefficient (Wildman–Crippen LogP) is 1.55. The van der Waals surface area contributed by atoms with Crippen LogP contribution in [0.3, 0.4) is 0 Å². The number of nitrogens with zero attached hydrogens (tertiary/aromatic N) is 2. The van der Waals surface area contributed by atoms with Crippen LogP contribution in [0.2, 0.25) is 0 Å². The van der Waals surface area contributed by atoms with Gasteiger partial charge in [-0.05, 0) is 25.5 Å². The zero-order chi connectivity index (χ0) is 14.8. The minimum atomic E-state index is -0.423. The number of benzene rings is 1. The minimum absolute atomic E-state index is 0.0529. The Bertz CT molecular complexity index is 524. The molecule has 108 valence electrons. The molecular weight excluding hydrogens is 258 g/mol. The zero-order valence-electron chi connectivity index (χ0n) is 11.8. The number of carbonyl (C=O) groups excluding carboxylic acids is 1. The monoisotopic (exact) mass is 277 g/mol. The Hall–Kier alpha value is -1.95. The summed E-state index contributed by atoms with van der Waals surface area (Å²) in [5.74, 6) is 0.0778. The third-order valence-corrected chi connectivity index (χ3v) is 3.77. The van der Waals surface area contributed by atoms with E-state index in [4.69, 9.17) is 0 Å². The molecule has 1 aromatic carbocycles. The lowest BCUT2D eigenvalue weighted by Gasteiger charge is -2.28. The highest BCUT2D eigenvalue weighted by Gasteiger charge is 2.38. The molecule has 1 atom stereocenters. The lowest BCUT2D eigenvalue weighted by Crippen LogP contribution is -2.41. The van der Waals surface area contributed by atoms with E-state index >= 15 is 0 Å². The van der Waals surface area contributed by atoms with Crippen molar-refractivity contribution in [1.29, 1.82) is 0 Å². The van der Waals surface area contributed by atoms with E-state index in [0.717, 1.165) is 18.5 Å². The van der Waals surface area contributed by atoms with Gasteiger partial charge in [-0.3, -0.25) is 14.9 Å². The molecule has 1 amide bonds. The summed E-state index contributed by atoms with van der Waals surface area (Å²) in [5, 5.41) is 13.9. The fourth-order valence-corrected chi connectivity index (χ4v) is 2.57. The normalized spacial score (nSPS) is 21.7. The van der Waals surface area contributed by atoms with E-state index in [0.29, 0.717) is 13.1 Å². The molecule has 1 N–H and O–H groups in total. The largest absolute Gasteiger partial charge is 0.341 e. The average molecular weight is 277 g/mol. The van der Waals surface area contributed by atoms with Gasteiger partial charge in [-0.1, -0.05) is 12.1 Å². The summed E-state index contributed by atoms with van der Waals surface area (Å²) < 4.78 is 0. The average Bonchev–Trinajstić information content (AvgIpc) is 2.86. The number of hydrogen-bond donors (Lipinski definition) is 1. The molecule has 0 aliphatic carbocycles. The van der Waals surface area contributed by atoms with E-state index < -0.39 is 4.92 Å². The van der Waals surface area contributed by atoms with Crippen molar-refractivity contribution in [3.05, 3.63) is 39.9 Å². The van der Waals surface area contributed by atoms with Crippen LogP contribution < -0.4 is 5.32 Å². The van der Waals surface area contributed by atoms with Crippen molar-refractivity contribution in [2.75, 3.05) is 20.1 Å². The quantitative estimate of drug-likeness (QED) is 0.669. The summed E-state index contributed by atoms with van der Waals surface area (Å²) in [7, 11) is 1.74. The number of nitrogens with one attached hydrogen (secondary N) is 1. The molecule has 2 rings (SSSR count). The molecule has 0 aromatic heterocycles. The Kier molecular flexibility index (Phi) is 4.04. The molecule has 1 heterocycles. The Labute approximate surface area is 117 Å². The number of amides is 1. The molecule has 1 aliphatic heterocycles. The summed E-state index contributed by atoms with van der Waals surface area (Å²) in [6.07, 6.45) is 0.825. The number of nitro groups is 1. The van der Waals surface area contributed by atoms with Gasteiger partial charge in [0.25, 0.3) is 5.69 Å². The van der Waals surface area contributed by atoms with Crippen LogP contribution in [0.25, 0.3) is 0 Å². The molecule has 20 heavy (non-hydrogen) atoms. The molecular formula is C14H19N3O3. The molecule has 0 saturated carbocycles. The van der Waals surface area contributed by atoms with Crippen molar-refractivity contribution < 1.29 is 9.72 Å². The van der Waals surface area contributed by atoms with Crippen molar-refractivity contribution in [1.82, 2.24) is 10.2 Å². The number of nitro benzene ring substituents is 1. The Morgan fingerprint density at radius 1 is 1.55 bits per heavy atom. The summed E-state index contributed by atoms with van der Waals surface area (Å²) in [6, 6.07) is 6.41. The first-order valence-corrected chi connectivity index (χ1v) is 6.62. The highest BCUT2D eigenvalue weighted by atomic mass is 16.6. The lowest BCUT2D eigenvalue weighted by atomic mass is 9.88. The van der Waals surface area contributed by atoms with Crippen LogP contribution in [0.15, 0.2) is 24.3 Å². The molecule has 1 unspecified atom stereocenters. The molecule has 1 aliphatic rings. The van der Waals surface area contributed by atoms with Crippen LogP contribution in [0.5, 0.6) is 0 Å². The number of non-ortho nitro benzene ring substituents is 1. The van der Waals surface area contributed by atoms with Gasteiger partial charge in [0, 0.05) is 32.3 Å². The van der Waals surface area contributed by atoms with Crippen molar-refractivity contribution in [2.45, 2.75) is 19.9 Å². The second-order valence-electron chi connectivity index (χ2n) is 5.58. The van der Waals surface area contributed by atoms with Crippen LogP contribution in [0.1, 0.15) is 18.9 Å². The molecule has 0 spiro atoms. The molecule has 1 saturated heterocycles. The maximum atomic E-state index is 12.4. The molecule has 1 fully saturated rings. The second-order valence-corrected chi connectivity index (χ2v) is 5.58. The van der Waals surface area contributed by atoms with E-state index in [9.17, 15) is 14.9 Å². The van der Waals surface area contributed by atoms with Gasteiger partial charge < -0.3 is 10.2 Å². The van der Waals surface area contributed by atoms with Gasteiger partial charge in [0.15, 0.2) is 0 Å². The van der Waals surface area contributed by atoms with Gasteiger partial charge in [-0.25, -0.2) is 0 Å². The summed E-state index contributed by atoms with van der Waals surface area (Å²) in [4.78, 5) is 24.4. The highest BCUT2D eigenvalue weighted by molar-refractivity contribution is 5.82. The SMILES string of the molecule is CN(Cc1cccc([N+](=O)[O-])c1)C(=O)C1(C)CCNC1. The minimum Gasteiger partial charge on any atom is -0.341 e. The van der Waals surface area contributed by atoms with Crippen LogP contribution >= 0.6 is 0 Å². The molecule has 0 bridgehead atoms. The Morgan fingerprint density at radius 2 is 2.30 bits per heavy atom. The number of carbonyl (C=O) groups is 1. The maximum Gasteiger partial charge on any atom is 0.269 e. The first kappa shape index (κ1) is 14.5. The zero-order valence-corrected chi connectivity index (χ0v) is 11.8. The van der Waals surface area contributed by atoms with Gasteiger partial charge >= 0.3 is 0 Å².